The summed E-state index contributed by atoms with van der Waals surface area (Å²) in [6, 6.07) is 14.9. The Morgan fingerprint density at radius 2 is 1.90 bits per heavy atom. The number of anilines is 1. The summed E-state index contributed by atoms with van der Waals surface area (Å²) in [7, 11) is 0. The highest BCUT2D eigenvalue weighted by Crippen LogP contribution is 2.24. The van der Waals surface area contributed by atoms with E-state index in [0.717, 1.165) is 12.0 Å². The Labute approximate surface area is 182 Å². The molecule has 1 amide bonds. The van der Waals surface area contributed by atoms with Crippen LogP contribution in [0.2, 0.25) is 0 Å². The van der Waals surface area contributed by atoms with Gasteiger partial charge in [-0.15, -0.1) is 0 Å². The van der Waals surface area contributed by atoms with E-state index in [2.05, 4.69) is 36.3 Å². The summed E-state index contributed by atoms with van der Waals surface area (Å²) in [6.45, 7) is 6.61. The van der Waals surface area contributed by atoms with Gasteiger partial charge in [0.15, 0.2) is 11.7 Å². The van der Waals surface area contributed by atoms with E-state index in [9.17, 15) is 9.59 Å². The first-order valence-corrected chi connectivity index (χ1v) is 10.6. The molecule has 0 saturated heterocycles. The number of aromatic nitrogens is 1. The number of oxazole rings is 1. The minimum absolute atomic E-state index is 0.180. The number of esters is 1. The molecule has 31 heavy (non-hydrogen) atoms. The molecule has 0 aliphatic carbocycles. The van der Waals surface area contributed by atoms with E-state index < -0.39 is 5.97 Å². The molecule has 0 atom stereocenters. The van der Waals surface area contributed by atoms with Crippen molar-refractivity contribution in [1.29, 1.82) is 0 Å². The molecule has 6 heteroatoms. The second-order valence-electron chi connectivity index (χ2n) is 7.66. The van der Waals surface area contributed by atoms with Crippen molar-refractivity contribution < 1.29 is 18.7 Å². The third-order valence-corrected chi connectivity index (χ3v) is 4.80. The van der Waals surface area contributed by atoms with E-state index in [0.29, 0.717) is 41.8 Å². The Balaban J connectivity index is 1.54. The fraction of sp³-hybridized carbons (Fsp3) is 0.320. The van der Waals surface area contributed by atoms with E-state index in [1.165, 1.54) is 5.56 Å². The summed E-state index contributed by atoms with van der Waals surface area (Å²) < 4.78 is 10.9. The zero-order valence-electron chi connectivity index (χ0n) is 18.2. The molecule has 1 heterocycles. The van der Waals surface area contributed by atoms with Gasteiger partial charge < -0.3 is 14.5 Å². The Morgan fingerprint density at radius 3 is 2.61 bits per heavy atom. The minimum Gasteiger partial charge on any atom is -0.462 e. The number of aryl methyl sites for hydroxylation is 1. The highest BCUT2D eigenvalue weighted by Gasteiger charge is 2.12. The van der Waals surface area contributed by atoms with Crippen molar-refractivity contribution in [1.82, 2.24) is 4.98 Å². The molecule has 1 N–H and O–H groups in total. The summed E-state index contributed by atoms with van der Waals surface area (Å²) in [5.74, 6) is 1.09. The predicted molar refractivity (Wildman–Crippen MR) is 120 cm³/mol. The summed E-state index contributed by atoms with van der Waals surface area (Å²) in [6.07, 6.45) is 3.04. The van der Waals surface area contributed by atoms with Crippen LogP contribution in [-0.2, 0) is 16.0 Å². The van der Waals surface area contributed by atoms with Gasteiger partial charge in [-0.3, -0.25) is 4.79 Å². The molecule has 0 aliphatic heterocycles. The number of amides is 1. The highest BCUT2D eigenvalue weighted by molar-refractivity contribution is 5.94. The fourth-order valence-electron chi connectivity index (χ4n) is 3.04. The number of ether oxygens (including phenoxy) is 1. The smallest absolute Gasteiger partial charge is 0.338 e. The zero-order valence-corrected chi connectivity index (χ0v) is 18.2. The molecule has 2 aromatic carbocycles. The maximum absolute atomic E-state index is 12.3. The molecule has 0 saturated carbocycles. The van der Waals surface area contributed by atoms with Gasteiger partial charge in [0.1, 0.15) is 0 Å². The first kappa shape index (κ1) is 22.3. The van der Waals surface area contributed by atoms with Crippen molar-refractivity contribution in [3.05, 3.63) is 71.7 Å². The largest absolute Gasteiger partial charge is 0.462 e. The lowest BCUT2D eigenvalue weighted by molar-refractivity contribution is -0.116. The molecule has 1 aromatic heterocycles. The zero-order chi connectivity index (χ0) is 22.2. The second-order valence-corrected chi connectivity index (χ2v) is 7.66. The van der Waals surface area contributed by atoms with E-state index in [1.807, 2.05) is 19.1 Å². The maximum Gasteiger partial charge on any atom is 0.338 e. The molecular weight excluding hydrogens is 392 g/mol. The van der Waals surface area contributed by atoms with Crippen molar-refractivity contribution >= 4 is 17.6 Å². The van der Waals surface area contributed by atoms with Crippen LogP contribution >= 0.6 is 0 Å². The first-order valence-electron chi connectivity index (χ1n) is 10.6. The van der Waals surface area contributed by atoms with Crippen molar-refractivity contribution in [3.8, 4) is 11.3 Å². The van der Waals surface area contributed by atoms with E-state index in [4.69, 9.17) is 9.15 Å². The highest BCUT2D eigenvalue weighted by atomic mass is 16.5. The van der Waals surface area contributed by atoms with Gasteiger partial charge in [-0.05, 0) is 36.1 Å². The SMILES string of the molecule is CCCOC(=O)c1cccc(NC(=O)CCc2ncc(-c3ccc(C(C)C)cc3)o2)c1. The van der Waals surface area contributed by atoms with Gasteiger partial charge in [0.25, 0.3) is 0 Å². The van der Waals surface area contributed by atoms with Gasteiger partial charge in [-0.2, -0.15) is 0 Å². The monoisotopic (exact) mass is 420 g/mol. The summed E-state index contributed by atoms with van der Waals surface area (Å²) in [5.41, 5.74) is 3.18. The molecule has 3 aromatic rings. The van der Waals surface area contributed by atoms with E-state index in [-0.39, 0.29) is 12.3 Å². The van der Waals surface area contributed by atoms with Crippen molar-refractivity contribution in [2.24, 2.45) is 0 Å². The number of rotatable bonds is 9. The maximum atomic E-state index is 12.3. The third-order valence-electron chi connectivity index (χ3n) is 4.80. The van der Waals surface area contributed by atoms with Crippen LogP contribution in [0.3, 0.4) is 0 Å². The number of benzene rings is 2. The molecule has 162 valence electrons. The molecule has 0 radical (unpaired) electrons. The lowest BCUT2D eigenvalue weighted by Crippen LogP contribution is -2.13. The standard InChI is InChI=1S/C25H28N2O4/c1-4-14-30-25(29)20-6-5-7-21(15-20)27-23(28)12-13-24-26-16-22(31-24)19-10-8-18(9-11-19)17(2)3/h5-11,15-17H,4,12-14H2,1-3H3,(H,27,28). The van der Waals surface area contributed by atoms with Crippen LogP contribution in [0, 0.1) is 0 Å². The predicted octanol–water partition coefficient (Wildman–Crippen LogP) is 5.60. The van der Waals surface area contributed by atoms with Crippen molar-refractivity contribution in [2.45, 2.75) is 46.0 Å². The molecular formula is C25H28N2O4. The Bertz CT molecular complexity index is 1020. The molecule has 6 nitrogen and oxygen atoms in total. The van der Waals surface area contributed by atoms with E-state index in [1.54, 1.807) is 30.5 Å². The lowest BCUT2D eigenvalue weighted by Gasteiger charge is -2.07. The van der Waals surface area contributed by atoms with Crippen LogP contribution in [-0.4, -0.2) is 23.5 Å². The Morgan fingerprint density at radius 1 is 1.13 bits per heavy atom. The number of carbonyl (C=O) groups excluding carboxylic acids is 2. The number of nitrogens with one attached hydrogen (secondary N) is 1. The number of hydrogen-bond acceptors (Lipinski definition) is 5. The molecule has 0 fully saturated rings. The lowest BCUT2D eigenvalue weighted by atomic mass is 10.0. The molecule has 3 rings (SSSR count). The van der Waals surface area contributed by atoms with Gasteiger partial charge in [-0.1, -0.05) is 51.1 Å². The molecule has 0 spiro atoms. The quantitative estimate of drug-likeness (QED) is 0.456. The summed E-state index contributed by atoms with van der Waals surface area (Å²) >= 11 is 0. The van der Waals surface area contributed by atoms with Gasteiger partial charge >= 0.3 is 5.97 Å². The molecule has 0 bridgehead atoms. The van der Waals surface area contributed by atoms with Gasteiger partial charge in [0.2, 0.25) is 5.91 Å². The Kier molecular flexibility index (Phi) is 7.60. The van der Waals surface area contributed by atoms with Crippen LogP contribution in [0.4, 0.5) is 5.69 Å². The number of hydrogen-bond donors (Lipinski definition) is 1. The van der Waals surface area contributed by atoms with Crippen LogP contribution in [0.15, 0.2) is 59.1 Å². The van der Waals surface area contributed by atoms with Gasteiger partial charge in [0.05, 0.1) is 18.4 Å². The van der Waals surface area contributed by atoms with Crippen LogP contribution in [0.1, 0.15) is 61.3 Å². The van der Waals surface area contributed by atoms with Crippen molar-refractivity contribution in [3.63, 3.8) is 0 Å². The second kappa shape index (κ2) is 10.6. The van der Waals surface area contributed by atoms with Crippen LogP contribution in [0.25, 0.3) is 11.3 Å². The van der Waals surface area contributed by atoms with E-state index >= 15 is 0 Å². The molecule has 0 unspecified atom stereocenters. The molecule has 0 aliphatic rings. The van der Waals surface area contributed by atoms with Crippen molar-refractivity contribution in [2.75, 3.05) is 11.9 Å². The van der Waals surface area contributed by atoms with Gasteiger partial charge in [0, 0.05) is 24.1 Å². The summed E-state index contributed by atoms with van der Waals surface area (Å²) in [4.78, 5) is 28.6. The number of carbonyl (C=O) groups is 2. The average Bonchev–Trinajstić information content (AvgIpc) is 3.25. The normalized spacial score (nSPS) is 10.8. The fourth-order valence-corrected chi connectivity index (χ4v) is 3.04. The summed E-state index contributed by atoms with van der Waals surface area (Å²) in [5, 5.41) is 2.80. The first-order chi connectivity index (χ1) is 15.0. The Hall–Kier alpha value is -3.41. The average molecular weight is 421 g/mol. The van der Waals surface area contributed by atoms with Crippen LogP contribution in [0.5, 0.6) is 0 Å². The van der Waals surface area contributed by atoms with Gasteiger partial charge in [-0.25, -0.2) is 9.78 Å². The number of nitrogens with zero attached hydrogens (tertiary/aromatic N) is 1. The third kappa shape index (κ3) is 6.28. The minimum atomic E-state index is -0.397. The van der Waals surface area contributed by atoms with Crippen LogP contribution < -0.4 is 5.32 Å². The topological polar surface area (TPSA) is 81.4 Å².